The molecule has 3 rings (SSSR count). The molecule has 1 N–H and O–H groups in total. The molecule has 0 bridgehead atoms. The van der Waals surface area contributed by atoms with Crippen LogP contribution in [0.25, 0.3) is 0 Å². The molecule has 10 heteroatoms. The second-order valence-electron chi connectivity index (χ2n) is 7.93. The Morgan fingerprint density at radius 3 is 2.52 bits per heavy atom. The Labute approximate surface area is 189 Å². The molecule has 1 aliphatic carbocycles. The number of halogens is 1. The van der Waals surface area contributed by atoms with Crippen LogP contribution in [0.2, 0.25) is 0 Å². The molecule has 1 saturated carbocycles. The van der Waals surface area contributed by atoms with Gasteiger partial charge in [0.15, 0.2) is 5.96 Å². The normalized spacial score (nSPS) is 19.2. The summed E-state index contributed by atoms with van der Waals surface area (Å²) in [7, 11) is 7.18. The van der Waals surface area contributed by atoms with Crippen molar-refractivity contribution in [2.24, 2.45) is 17.5 Å². The Bertz CT molecular complexity index is 755. The fraction of sp³-hybridized carbons (Fsp3) is 0.684. The van der Waals surface area contributed by atoms with Gasteiger partial charge in [-0.15, -0.1) is 24.0 Å². The highest BCUT2D eigenvalue weighted by Gasteiger charge is 2.42. The number of guanidine groups is 1. The highest BCUT2D eigenvalue weighted by Crippen LogP contribution is 2.39. The van der Waals surface area contributed by atoms with E-state index in [1.807, 2.05) is 32.2 Å². The lowest BCUT2D eigenvalue weighted by molar-refractivity contribution is -0.139. The molecule has 29 heavy (non-hydrogen) atoms. The van der Waals surface area contributed by atoms with Crippen LogP contribution in [-0.4, -0.2) is 84.7 Å². The number of hydrogen-bond acceptors (Lipinski definition) is 4. The molecule has 0 atom stereocenters. The Hall–Kier alpha value is -1.85. The maximum atomic E-state index is 12.8. The number of nitrogens with one attached hydrogen (secondary N) is 1. The van der Waals surface area contributed by atoms with Gasteiger partial charge in [0.2, 0.25) is 11.8 Å². The van der Waals surface area contributed by atoms with Crippen LogP contribution in [0.5, 0.6) is 0 Å². The summed E-state index contributed by atoms with van der Waals surface area (Å²) in [6, 6.07) is 0. The van der Waals surface area contributed by atoms with Crippen LogP contribution in [0.4, 0.5) is 5.69 Å². The Morgan fingerprint density at radius 2 is 2.00 bits per heavy atom. The van der Waals surface area contributed by atoms with Crippen LogP contribution in [0.15, 0.2) is 17.4 Å². The number of amides is 2. The minimum atomic E-state index is -0.374. The van der Waals surface area contributed by atoms with Crippen LogP contribution >= 0.6 is 24.0 Å². The second kappa shape index (κ2) is 9.77. The van der Waals surface area contributed by atoms with Gasteiger partial charge >= 0.3 is 0 Å². The van der Waals surface area contributed by atoms with Gasteiger partial charge < -0.3 is 20.0 Å². The third kappa shape index (κ3) is 5.01. The van der Waals surface area contributed by atoms with E-state index in [4.69, 9.17) is 0 Å². The number of carbonyl (C=O) groups excluding carboxylic acids is 2. The van der Waals surface area contributed by atoms with Crippen LogP contribution in [0.3, 0.4) is 0 Å². The maximum absolute atomic E-state index is 12.8. The van der Waals surface area contributed by atoms with Crippen molar-refractivity contribution in [3.05, 3.63) is 12.4 Å². The quantitative estimate of drug-likeness (QED) is 0.365. The number of nitrogens with zero attached hydrogens (tertiary/aromatic N) is 6. The molecule has 0 aromatic carbocycles. The van der Waals surface area contributed by atoms with E-state index in [0.29, 0.717) is 25.6 Å². The van der Waals surface area contributed by atoms with Gasteiger partial charge in [-0.25, -0.2) is 0 Å². The summed E-state index contributed by atoms with van der Waals surface area (Å²) in [4.78, 5) is 35.2. The molecule has 2 fully saturated rings. The molecule has 0 unspecified atom stereocenters. The molecular formula is C19H32IN7O2. The minimum Gasteiger partial charge on any atom is -0.355 e. The number of hydrogen-bond donors (Lipinski definition) is 1. The van der Waals surface area contributed by atoms with Crippen molar-refractivity contribution in [2.45, 2.75) is 25.7 Å². The molecule has 0 spiro atoms. The topological polar surface area (TPSA) is 86.1 Å². The summed E-state index contributed by atoms with van der Waals surface area (Å²) < 4.78 is 1.69. The molecule has 9 nitrogen and oxygen atoms in total. The highest BCUT2D eigenvalue weighted by molar-refractivity contribution is 14.0. The monoisotopic (exact) mass is 517 g/mol. The van der Waals surface area contributed by atoms with Gasteiger partial charge in [-0.1, -0.05) is 12.8 Å². The molecule has 1 aromatic heterocycles. The first-order chi connectivity index (χ1) is 13.4. The van der Waals surface area contributed by atoms with Crippen LogP contribution < -0.4 is 10.2 Å². The van der Waals surface area contributed by atoms with Crippen molar-refractivity contribution < 1.29 is 9.59 Å². The van der Waals surface area contributed by atoms with E-state index in [9.17, 15) is 9.59 Å². The van der Waals surface area contributed by atoms with Gasteiger partial charge in [0.05, 0.1) is 17.3 Å². The van der Waals surface area contributed by atoms with Gasteiger partial charge in [-0.2, -0.15) is 5.10 Å². The van der Waals surface area contributed by atoms with Crippen molar-refractivity contribution >= 4 is 47.4 Å². The third-order valence-electron chi connectivity index (χ3n) is 5.74. The third-order valence-corrected chi connectivity index (χ3v) is 5.74. The number of aromatic nitrogens is 2. The molecule has 2 aliphatic rings. The minimum absolute atomic E-state index is 0. The summed E-state index contributed by atoms with van der Waals surface area (Å²) in [5, 5.41) is 7.52. The molecule has 162 valence electrons. The van der Waals surface area contributed by atoms with Crippen LogP contribution in [0, 0.1) is 5.41 Å². The average molecular weight is 517 g/mol. The lowest BCUT2D eigenvalue weighted by atomic mass is 9.84. The number of aliphatic imine (C=N–C) groups is 1. The van der Waals surface area contributed by atoms with Gasteiger partial charge in [-0.05, 0) is 12.8 Å². The van der Waals surface area contributed by atoms with Crippen molar-refractivity contribution in [3.63, 3.8) is 0 Å². The summed E-state index contributed by atoms with van der Waals surface area (Å²) in [5.41, 5.74) is 0.442. The van der Waals surface area contributed by atoms with E-state index in [1.54, 1.807) is 27.7 Å². The molecular weight excluding hydrogens is 485 g/mol. The van der Waals surface area contributed by atoms with Gasteiger partial charge in [0, 0.05) is 54.0 Å². The molecule has 1 aliphatic heterocycles. The number of carbonyl (C=O) groups is 2. The lowest BCUT2D eigenvalue weighted by Gasteiger charge is -2.37. The summed E-state index contributed by atoms with van der Waals surface area (Å²) in [5.74, 6) is 0.865. The molecule has 2 heterocycles. The second-order valence-corrected chi connectivity index (χ2v) is 7.93. The number of aryl methyl sites for hydroxylation is 1. The van der Waals surface area contributed by atoms with Crippen molar-refractivity contribution in [1.29, 1.82) is 0 Å². The predicted octanol–water partition coefficient (Wildman–Crippen LogP) is 0.911. The zero-order chi connectivity index (χ0) is 20.3. The van der Waals surface area contributed by atoms with E-state index in [2.05, 4.69) is 15.4 Å². The zero-order valence-electron chi connectivity index (χ0n) is 17.7. The van der Waals surface area contributed by atoms with Gasteiger partial charge in [0.25, 0.3) is 0 Å². The first-order valence-electron chi connectivity index (χ1n) is 9.83. The lowest BCUT2D eigenvalue weighted by Crippen LogP contribution is -2.57. The smallest absolute Gasteiger partial charge is 0.246 e. The van der Waals surface area contributed by atoms with E-state index < -0.39 is 0 Å². The molecule has 2 amide bonds. The average Bonchev–Trinajstić information content (AvgIpc) is 3.31. The predicted molar refractivity (Wildman–Crippen MR) is 124 cm³/mol. The Kier molecular flexibility index (Phi) is 7.89. The van der Waals surface area contributed by atoms with Gasteiger partial charge in [0.1, 0.15) is 6.54 Å². The Balaban J connectivity index is 0.00000300. The largest absolute Gasteiger partial charge is 0.355 e. The fourth-order valence-corrected chi connectivity index (χ4v) is 4.25. The van der Waals surface area contributed by atoms with E-state index in [-0.39, 0.29) is 47.8 Å². The molecule has 1 saturated heterocycles. The number of anilines is 1. The van der Waals surface area contributed by atoms with Crippen LogP contribution in [0.1, 0.15) is 25.7 Å². The SMILES string of the molecule is CN=C(NCC1(C(=O)N(C)C)CCCC1)N1CCN(c2cnn(C)c2)C(=O)C1.I. The fourth-order valence-electron chi connectivity index (χ4n) is 4.25. The summed E-state index contributed by atoms with van der Waals surface area (Å²) >= 11 is 0. The summed E-state index contributed by atoms with van der Waals surface area (Å²) in [6.45, 7) is 2.05. The molecule has 1 aromatic rings. The maximum Gasteiger partial charge on any atom is 0.246 e. The standard InChI is InChI=1S/C19H31N7O2.HI/c1-20-18(21-14-19(7-5-6-8-19)17(28)23(2)3)25-9-10-26(16(27)13-25)15-11-22-24(4)12-15;/h11-12H,5-10,13-14H2,1-4H3,(H,20,21);1H. The van der Waals surface area contributed by atoms with Gasteiger partial charge in [-0.3, -0.25) is 19.3 Å². The highest BCUT2D eigenvalue weighted by atomic mass is 127. The zero-order valence-corrected chi connectivity index (χ0v) is 20.0. The summed E-state index contributed by atoms with van der Waals surface area (Å²) in [6.07, 6.45) is 7.47. The van der Waals surface area contributed by atoms with Crippen molar-refractivity contribution in [2.75, 3.05) is 52.2 Å². The number of piperazine rings is 1. The van der Waals surface area contributed by atoms with Crippen molar-refractivity contribution in [1.82, 2.24) is 24.9 Å². The van der Waals surface area contributed by atoms with E-state index in [1.165, 1.54) is 0 Å². The first-order valence-corrected chi connectivity index (χ1v) is 9.83. The Morgan fingerprint density at radius 1 is 1.31 bits per heavy atom. The van der Waals surface area contributed by atoms with Crippen molar-refractivity contribution in [3.8, 4) is 0 Å². The number of rotatable bonds is 4. The first kappa shape index (κ1) is 23.4. The molecule has 0 radical (unpaired) electrons. The van der Waals surface area contributed by atoms with E-state index in [0.717, 1.165) is 31.4 Å². The van der Waals surface area contributed by atoms with Crippen LogP contribution in [-0.2, 0) is 16.6 Å². The van der Waals surface area contributed by atoms with E-state index >= 15 is 0 Å².